The minimum atomic E-state index is -1.37. The van der Waals surface area contributed by atoms with Gasteiger partial charge in [0, 0.05) is 12.0 Å². The zero-order chi connectivity index (χ0) is 17.3. The van der Waals surface area contributed by atoms with Crippen LogP contribution in [0, 0.1) is 0 Å². The van der Waals surface area contributed by atoms with Crippen LogP contribution in [0.25, 0.3) is 0 Å². The minimum Gasteiger partial charge on any atom is -0.480 e. The summed E-state index contributed by atoms with van der Waals surface area (Å²) in [5.41, 5.74) is 8.14. The van der Waals surface area contributed by atoms with E-state index < -0.39 is 23.0 Å². The number of hydrogen-bond acceptors (Lipinski definition) is 4. The Kier molecular flexibility index (Phi) is 4.30. The summed E-state index contributed by atoms with van der Waals surface area (Å²) >= 11 is 6.66. The molecule has 2 aromatic carbocycles. The molecule has 0 aromatic heterocycles. The molecule has 6 heteroatoms. The van der Waals surface area contributed by atoms with Crippen LogP contribution >= 0.6 is 11.6 Å². The molecule has 0 saturated carbocycles. The normalized spacial score (nSPS) is 20.8. The van der Waals surface area contributed by atoms with Crippen molar-refractivity contribution in [2.45, 2.75) is 23.9 Å². The molecule has 0 aliphatic carbocycles. The van der Waals surface area contributed by atoms with Crippen LogP contribution < -0.4 is 5.73 Å². The molecule has 2 atom stereocenters. The predicted octanol–water partition coefficient (Wildman–Crippen LogP) is 2.45. The number of alkyl halides is 1. The zero-order valence-corrected chi connectivity index (χ0v) is 13.5. The number of aliphatic carboxylic acids is 1. The van der Waals surface area contributed by atoms with Crippen molar-refractivity contribution < 1.29 is 19.4 Å². The van der Waals surface area contributed by atoms with E-state index in [1.807, 2.05) is 12.1 Å². The van der Waals surface area contributed by atoms with Crippen molar-refractivity contribution in [3.8, 4) is 0 Å². The quantitative estimate of drug-likeness (QED) is 0.656. The molecule has 3 N–H and O–H groups in total. The summed E-state index contributed by atoms with van der Waals surface area (Å²) in [5.74, 6) is -1.59. The highest BCUT2D eigenvalue weighted by Gasteiger charge is 2.41. The molecule has 0 saturated heterocycles. The standard InChI is InChI=1S/C18H16ClNO4/c19-18(10-12-6-1-3-7-13(12)17(23)24-18)14-8-4-2-5-11(14)9-15(20)16(21)22/h1-8,15H,9-10,20H2,(H,21,22). The maximum absolute atomic E-state index is 12.3. The van der Waals surface area contributed by atoms with E-state index in [1.54, 1.807) is 36.4 Å². The summed E-state index contributed by atoms with van der Waals surface area (Å²) in [6.45, 7) is 0. The average Bonchev–Trinajstić information content (AvgIpc) is 2.55. The van der Waals surface area contributed by atoms with Gasteiger partial charge in [0.2, 0.25) is 5.06 Å². The van der Waals surface area contributed by atoms with E-state index in [1.165, 1.54) is 0 Å². The molecule has 1 aliphatic rings. The van der Waals surface area contributed by atoms with E-state index in [0.717, 1.165) is 5.56 Å². The molecule has 24 heavy (non-hydrogen) atoms. The molecular formula is C18H16ClNO4. The Morgan fingerprint density at radius 2 is 1.92 bits per heavy atom. The van der Waals surface area contributed by atoms with Crippen molar-refractivity contribution in [2.75, 3.05) is 0 Å². The summed E-state index contributed by atoms with van der Waals surface area (Å²) in [4.78, 5) is 23.3. The highest BCUT2D eigenvalue weighted by Crippen LogP contribution is 2.41. The first kappa shape index (κ1) is 16.5. The van der Waals surface area contributed by atoms with Crippen LogP contribution in [0.1, 0.15) is 27.0 Å². The Balaban J connectivity index is 2.00. The SMILES string of the molecule is NC(Cc1ccccc1C1(Cl)Cc2ccccc2C(=O)O1)C(=O)O. The fraction of sp³-hybridized carbons (Fsp3) is 0.222. The fourth-order valence-electron chi connectivity index (χ4n) is 2.89. The van der Waals surface area contributed by atoms with Crippen LogP contribution in [0.4, 0.5) is 0 Å². The van der Waals surface area contributed by atoms with Crippen molar-refractivity contribution in [1.82, 2.24) is 0 Å². The lowest BCUT2D eigenvalue weighted by molar-refractivity contribution is -0.138. The van der Waals surface area contributed by atoms with Crippen LogP contribution in [-0.4, -0.2) is 23.1 Å². The van der Waals surface area contributed by atoms with Gasteiger partial charge in [0.15, 0.2) is 0 Å². The van der Waals surface area contributed by atoms with Gasteiger partial charge in [-0.05, 0) is 23.6 Å². The van der Waals surface area contributed by atoms with Gasteiger partial charge in [0.05, 0.1) is 5.56 Å². The van der Waals surface area contributed by atoms with Gasteiger partial charge in [0.1, 0.15) is 6.04 Å². The molecule has 2 unspecified atom stereocenters. The van der Waals surface area contributed by atoms with Gasteiger partial charge in [0.25, 0.3) is 0 Å². The maximum atomic E-state index is 12.3. The molecule has 0 radical (unpaired) electrons. The van der Waals surface area contributed by atoms with Gasteiger partial charge < -0.3 is 15.6 Å². The second-order valence-electron chi connectivity index (χ2n) is 5.76. The van der Waals surface area contributed by atoms with E-state index in [9.17, 15) is 9.59 Å². The number of carboxylic acids is 1. The van der Waals surface area contributed by atoms with Gasteiger partial charge in [-0.2, -0.15) is 0 Å². The number of ether oxygens (including phenoxy) is 1. The van der Waals surface area contributed by atoms with E-state index >= 15 is 0 Å². The first-order valence-electron chi connectivity index (χ1n) is 7.47. The van der Waals surface area contributed by atoms with Crippen LogP contribution in [-0.2, 0) is 27.4 Å². The molecule has 1 heterocycles. The molecule has 1 aliphatic heterocycles. The van der Waals surface area contributed by atoms with Crippen LogP contribution in [0.5, 0.6) is 0 Å². The van der Waals surface area contributed by atoms with Gasteiger partial charge in [-0.3, -0.25) is 4.79 Å². The number of nitrogens with two attached hydrogens (primary N) is 1. The van der Waals surface area contributed by atoms with Gasteiger partial charge >= 0.3 is 11.9 Å². The Morgan fingerprint density at radius 1 is 1.25 bits per heavy atom. The lowest BCUT2D eigenvalue weighted by atomic mass is 9.90. The number of benzene rings is 2. The van der Waals surface area contributed by atoms with E-state index in [-0.39, 0.29) is 6.42 Å². The highest BCUT2D eigenvalue weighted by atomic mass is 35.5. The number of rotatable bonds is 4. The summed E-state index contributed by atoms with van der Waals surface area (Å²) in [5, 5.41) is 7.66. The van der Waals surface area contributed by atoms with Crippen LogP contribution in [0.15, 0.2) is 48.5 Å². The smallest absolute Gasteiger partial charge is 0.340 e. The summed E-state index contributed by atoms with van der Waals surface area (Å²) in [6.07, 6.45) is 0.398. The lowest BCUT2D eigenvalue weighted by Gasteiger charge is -2.34. The maximum Gasteiger partial charge on any atom is 0.340 e. The second kappa shape index (κ2) is 6.26. The largest absolute Gasteiger partial charge is 0.480 e. The fourth-order valence-corrected chi connectivity index (χ4v) is 3.29. The first-order chi connectivity index (χ1) is 11.4. The number of hydrogen-bond donors (Lipinski definition) is 2. The zero-order valence-electron chi connectivity index (χ0n) is 12.7. The minimum absolute atomic E-state index is 0.0964. The number of halogens is 1. The van der Waals surface area contributed by atoms with Crippen LogP contribution in [0.3, 0.4) is 0 Å². The molecule has 0 spiro atoms. The Labute approximate surface area is 144 Å². The number of carbonyl (C=O) groups is 2. The Hall–Kier alpha value is -2.37. The topological polar surface area (TPSA) is 89.6 Å². The van der Waals surface area contributed by atoms with Gasteiger partial charge in [-0.25, -0.2) is 4.79 Å². The number of carbonyl (C=O) groups excluding carboxylic acids is 1. The van der Waals surface area contributed by atoms with Gasteiger partial charge in [-0.15, -0.1) is 0 Å². The first-order valence-corrected chi connectivity index (χ1v) is 7.85. The molecule has 0 amide bonds. The molecular weight excluding hydrogens is 330 g/mol. The lowest BCUT2D eigenvalue weighted by Crippen LogP contribution is -2.37. The highest BCUT2D eigenvalue weighted by molar-refractivity contribution is 6.24. The number of esters is 1. The third-order valence-electron chi connectivity index (χ3n) is 4.09. The summed E-state index contributed by atoms with van der Waals surface area (Å²) in [7, 11) is 0. The summed E-state index contributed by atoms with van der Waals surface area (Å²) < 4.78 is 5.51. The molecule has 124 valence electrons. The summed E-state index contributed by atoms with van der Waals surface area (Å²) in [6, 6.07) is 13.1. The van der Waals surface area contributed by atoms with Gasteiger partial charge in [-0.1, -0.05) is 54.1 Å². The van der Waals surface area contributed by atoms with Crippen LogP contribution in [0.2, 0.25) is 0 Å². The van der Waals surface area contributed by atoms with E-state index in [0.29, 0.717) is 23.1 Å². The molecule has 0 fully saturated rings. The Morgan fingerprint density at radius 3 is 2.67 bits per heavy atom. The number of carboxylic acid groups (broad SMARTS) is 1. The average molecular weight is 346 g/mol. The molecule has 0 bridgehead atoms. The monoisotopic (exact) mass is 345 g/mol. The third-order valence-corrected chi connectivity index (χ3v) is 4.50. The van der Waals surface area contributed by atoms with Crippen molar-refractivity contribution in [3.63, 3.8) is 0 Å². The predicted molar refractivity (Wildman–Crippen MR) is 88.8 cm³/mol. The van der Waals surface area contributed by atoms with Crippen molar-refractivity contribution in [2.24, 2.45) is 5.73 Å². The Bertz CT molecular complexity index is 807. The van der Waals surface area contributed by atoms with Crippen molar-refractivity contribution >= 4 is 23.5 Å². The van der Waals surface area contributed by atoms with Crippen molar-refractivity contribution in [3.05, 3.63) is 70.8 Å². The molecule has 2 aromatic rings. The molecule has 3 rings (SSSR count). The number of fused-ring (bicyclic) bond motifs is 1. The van der Waals surface area contributed by atoms with E-state index in [2.05, 4.69) is 0 Å². The third kappa shape index (κ3) is 3.00. The molecule has 5 nitrogen and oxygen atoms in total. The second-order valence-corrected chi connectivity index (χ2v) is 6.37. The van der Waals surface area contributed by atoms with Crippen molar-refractivity contribution in [1.29, 1.82) is 0 Å². The van der Waals surface area contributed by atoms with E-state index in [4.69, 9.17) is 27.2 Å². The number of cyclic esters (lactones) is 1.